The van der Waals surface area contributed by atoms with Gasteiger partial charge in [-0.1, -0.05) is 0 Å². The maximum absolute atomic E-state index is 13.8. The van der Waals surface area contributed by atoms with Gasteiger partial charge in [0, 0.05) is 33.3 Å². The Morgan fingerprint density at radius 1 is 1.52 bits per heavy atom. The number of hydrogen-bond donors (Lipinski definition) is 1. The van der Waals surface area contributed by atoms with Crippen molar-refractivity contribution in [3.63, 3.8) is 0 Å². The topological polar surface area (TPSA) is 82.1 Å². The first kappa shape index (κ1) is 16.4. The molecule has 1 aromatic heterocycles. The summed E-state index contributed by atoms with van der Waals surface area (Å²) in [6.07, 6.45) is 1.49. The average molecular weight is 315 g/mol. The number of aromatic nitrogens is 3. The highest BCUT2D eigenvalue weighted by Crippen LogP contribution is 2.10. The molecule has 0 amide bonds. The summed E-state index contributed by atoms with van der Waals surface area (Å²) < 4.78 is 15.5. The zero-order valence-corrected chi connectivity index (χ0v) is 13.3. The van der Waals surface area contributed by atoms with Gasteiger partial charge in [0.2, 0.25) is 0 Å². The third-order valence-corrected chi connectivity index (χ3v) is 3.37. The molecule has 2 rings (SSSR count). The lowest BCUT2D eigenvalue weighted by atomic mass is 10.1. The summed E-state index contributed by atoms with van der Waals surface area (Å²) in [7, 11) is 5.32. The van der Waals surface area contributed by atoms with Crippen molar-refractivity contribution in [2.75, 3.05) is 14.1 Å². The lowest BCUT2D eigenvalue weighted by Crippen LogP contribution is -2.38. The molecular formula is C15H18FN7. The smallest absolute Gasteiger partial charge is 0.194 e. The molecule has 0 saturated heterocycles. The first-order valence-corrected chi connectivity index (χ1v) is 6.98. The van der Waals surface area contributed by atoms with Crippen molar-refractivity contribution in [3.05, 3.63) is 47.3 Å². The van der Waals surface area contributed by atoms with E-state index in [0.717, 1.165) is 5.82 Å². The van der Waals surface area contributed by atoms with Gasteiger partial charge in [-0.3, -0.25) is 9.67 Å². The molecule has 0 atom stereocenters. The summed E-state index contributed by atoms with van der Waals surface area (Å²) in [6, 6.07) is 6.27. The predicted octanol–water partition coefficient (Wildman–Crippen LogP) is 1.03. The van der Waals surface area contributed by atoms with Crippen LogP contribution in [0.5, 0.6) is 0 Å². The Hall–Kier alpha value is -2.95. The Kier molecular flexibility index (Phi) is 5.25. The third-order valence-electron chi connectivity index (χ3n) is 3.37. The number of nitrogens with one attached hydrogen (secondary N) is 1. The maximum atomic E-state index is 13.8. The van der Waals surface area contributed by atoms with Crippen molar-refractivity contribution in [3.8, 4) is 6.07 Å². The molecule has 0 aliphatic carbocycles. The number of nitriles is 1. The zero-order valence-electron chi connectivity index (χ0n) is 13.3. The molecule has 1 heterocycles. The van der Waals surface area contributed by atoms with Gasteiger partial charge in [-0.05, 0) is 18.2 Å². The second kappa shape index (κ2) is 7.35. The molecule has 0 saturated carbocycles. The largest absolute Gasteiger partial charge is 0.352 e. The molecule has 1 N–H and O–H groups in total. The highest BCUT2D eigenvalue weighted by Gasteiger charge is 2.11. The van der Waals surface area contributed by atoms with E-state index in [1.54, 1.807) is 11.7 Å². The van der Waals surface area contributed by atoms with E-state index in [2.05, 4.69) is 20.4 Å². The van der Waals surface area contributed by atoms with Gasteiger partial charge in [-0.25, -0.2) is 9.37 Å². The molecule has 0 bridgehead atoms. The van der Waals surface area contributed by atoms with Crippen LogP contribution in [0, 0.1) is 17.1 Å². The molecule has 8 heteroatoms. The molecule has 0 aliphatic heterocycles. The van der Waals surface area contributed by atoms with Gasteiger partial charge < -0.3 is 10.2 Å². The SMILES string of the molecule is CN=C(NCc1cc(C#N)ccc1F)N(C)Cc1ncnn1C. The summed E-state index contributed by atoms with van der Waals surface area (Å²) in [6.45, 7) is 0.744. The number of hydrogen-bond acceptors (Lipinski definition) is 4. The highest BCUT2D eigenvalue weighted by atomic mass is 19.1. The quantitative estimate of drug-likeness (QED) is 0.673. The number of benzene rings is 1. The minimum atomic E-state index is -0.358. The molecule has 23 heavy (non-hydrogen) atoms. The molecule has 0 unspecified atom stereocenters. The summed E-state index contributed by atoms with van der Waals surface area (Å²) in [5.41, 5.74) is 0.836. The lowest BCUT2D eigenvalue weighted by molar-refractivity contribution is 0.447. The number of aryl methyl sites for hydroxylation is 1. The summed E-state index contributed by atoms with van der Waals surface area (Å²) >= 11 is 0. The molecule has 7 nitrogen and oxygen atoms in total. The summed E-state index contributed by atoms with van der Waals surface area (Å²) in [5, 5.41) is 16.0. The van der Waals surface area contributed by atoms with E-state index in [0.29, 0.717) is 23.6 Å². The second-order valence-corrected chi connectivity index (χ2v) is 4.97. The van der Waals surface area contributed by atoms with Crippen molar-refractivity contribution in [1.29, 1.82) is 5.26 Å². The summed E-state index contributed by atoms with van der Waals surface area (Å²) in [4.78, 5) is 10.2. The molecule has 2 aromatic rings. The predicted molar refractivity (Wildman–Crippen MR) is 83.8 cm³/mol. The van der Waals surface area contributed by atoms with Crippen LogP contribution < -0.4 is 5.32 Å². The van der Waals surface area contributed by atoms with E-state index >= 15 is 0 Å². The highest BCUT2D eigenvalue weighted by molar-refractivity contribution is 5.79. The van der Waals surface area contributed by atoms with Crippen LogP contribution in [-0.4, -0.2) is 39.7 Å². The lowest BCUT2D eigenvalue weighted by Gasteiger charge is -2.21. The van der Waals surface area contributed by atoms with Crippen LogP contribution in [0.2, 0.25) is 0 Å². The van der Waals surface area contributed by atoms with Crippen LogP contribution in [0.15, 0.2) is 29.5 Å². The van der Waals surface area contributed by atoms with Crippen LogP contribution in [-0.2, 0) is 20.1 Å². The van der Waals surface area contributed by atoms with Gasteiger partial charge in [0.1, 0.15) is 18.0 Å². The van der Waals surface area contributed by atoms with Crippen molar-refractivity contribution in [1.82, 2.24) is 25.0 Å². The monoisotopic (exact) mass is 315 g/mol. The van der Waals surface area contributed by atoms with E-state index < -0.39 is 0 Å². The molecule has 1 aromatic carbocycles. The van der Waals surface area contributed by atoms with Gasteiger partial charge >= 0.3 is 0 Å². The standard InChI is InChI=1S/C15H18FN7/c1-18-15(22(2)9-14-20-10-21-23(14)3)19-8-12-6-11(7-17)4-5-13(12)16/h4-6,10H,8-9H2,1-3H3,(H,18,19). The normalized spacial score (nSPS) is 11.2. The van der Waals surface area contributed by atoms with Gasteiger partial charge in [-0.2, -0.15) is 10.4 Å². The molecule has 120 valence electrons. The molecule has 0 radical (unpaired) electrons. The second-order valence-electron chi connectivity index (χ2n) is 4.97. The van der Waals surface area contributed by atoms with Gasteiger partial charge in [0.05, 0.1) is 18.2 Å². The van der Waals surface area contributed by atoms with Crippen LogP contribution in [0.3, 0.4) is 0 Å². The Morgan fingerprint density at radius 2 is 2.30 bits per heavy atom. The van der Waals surface area contributed by atoms with Gasteiger partial charge in [0.25, 0.3) is 0 Å². The van der Waals surface area contributed by atoms with Crippen molar-refractivity contribution in [2.24, 2.45) is 12.0 Å². The fourth-order valence-electron chi connectivity index (χ4n) is 2.09. The molecule has 0 spiro atoms. The Bertz CT molecular complexity index is 745. The molecule has 0 aliphatic rings. The van der Waals surface area contributed by atoms with Gasteiger partial charge in [0.15, 0.2) is 5.96 Å². The Labute approximate surface area is 134 Å². The Morgan fingerprint density at radius 3 is 2.91 bits per heavy atom. The van der Waals surface area contributed by atoms with Crippen molar-refractivity contribution >= 4 is 5.96 Å². The zero-order chi connectivity index (χ0) is 16.8. The summed E-state index contributed by atoms with van der Waals surface area (Å²) in [5.74, 6) is 1.02. The maximum Gasteiger partial charge on any atom is 0.194 e. The van der Waals surface area contributed by atoms with Crippen molar-refractivity contribution in [2.45, 2.75) is 13.1 Å². The fourth-order valence-corrected chi connectivity index (χ4v) is 2.09. The first-order valence-electron chi connectivity index (χ1n) is 6.98. The molecular weight excluding hydrogens is 297 g/mol. The van der Waals surface area contributed by atoms with Crippen LogP contribution >= 0.6 is 0 Å². The number of nitrogens with zero attached hydrogens (tertiary/aromatic N) is 6. The Balaban J connectivity index is 2.03. The van der Waals surface area contributed by atoms with E-state index in [1.807, 2.05) is 25.1 Å². The van der Waals surface area contributed by atoms with E-state index in [4.69, 9.17) is 5.26 Å². The number of halogens is 1. The first-order chi connectivity index (χ1) is 11.0. The number of rotatable bonds is 4. The van der Waals surface area contributed by atoms with E-state index in [-0.39, 0.29) is 12.4 Å². The minimum absolute atomic E-state index is 0.233. The average Bonchev–Trinajstić information content (AvgIpc) is 2.94. The number of aliphatic imine (C=N–C) groups is 1. The van der Waals surface area contributed by atoms with Gasteiger partial charge in [-0.15, -0.1) is 0 Å². The van der Waals surface area contributed by atoms with Crippen LogP contribution in [0.1, 0.15) is 17.0 Å². The van der Waals surface area contributed by atoms with Crippen LogP contribution in [0.4, 0.5) is 4.39 Å². The number of guanidine groups is 1. The van der Waals surface area contributed by atoms with E-state index in [1.165, 1.54) is 24.5 Å². The minimum Gasteiger partial charge on any atom is -0.352 e. The fraction of sp³-hybridized carbons (Fsp3) is 0.333. The van der Waals surface area contributed by atoms with Crippen LogP contribution in [0.25, 0.3) is 0 Å². The molecule has 0 fully saturated rings. The van der Waals surface area contributed by atoms with E-state index in [9.17, 15) is 4.39 Å². The third kappa shape index (κ3) is 4.03. The van der Waals surface area contributed by atoms with Crippen molar-refractivity contribution < 1.29 is 4.39 Å².